The zero-order valence-electron chi connectivity index (χ0n) is 12.6. The van der Waals surface area contributed by atoms with E-state index in [1.54, 1.807) is 31.4 Å². The molecule has 0 atom stereocenters. The zero-order chi connectivity index (χ0) is 16.3. The van der Waals surface area contributed by atoms with Gasteiger partial charge in [0.15, 0.2) is 5.57 Å². The van der Waals surface area contributed by atoms with Gasteiger partial charge in [-0.3, -0.25) is 0 Å². The lowest BCUT2D eigenvalue weighted by atomic mass is 10.1. The highest BCUT2D eigenvalue weighted by atomic mass is 16.7. The van der Waals surface area contributed by atoms with Gasteiger partial charge in [-0.25, -0.2) is 9.59 Å². The van der Waals surface area contributed by atoms with Crippen LogP contribution in [0.5, 0.6) is 5.75 Å². The molecule has 0 spiro atoms. The van der Waals surface area contributed by atoms with Gasteiger partial charge >= 0.3 is 11.9 Å². The largest absolute Gasteiger partial charge is 0.497 e. The minimum atomic E-state index is -1.25. The Morgan fingerprint density at radius 2 is 1.86 bits per heavy atom. The van der Waals surface area contributed by atoms with Gasteiger partial charge in [-0.05, 0) is 18.2 Å². The second-order valence-corrected chi connectivity index (χ2v) is 5.04. The quantitative estimate of drug-likeness (QED) is 0.523. The summed E-state index contributed by atoms with van der Waals surface area (Å²) in [6.07, 6.45) is 2.89. The molecule has 1 aliphatic rings. The summed E-state index contributed by atoms with van der Waals surface area (Å²) in [6, 6.07) is 5.26. The number of benzene rings is 1. The van der Waals surface area contributed by atoms with Gasteiger partial charge in [0.25, 0.3) is 5.79 Å². The molecule has 2 rings (SSSR count). The van der Waals surface area contributed by atoms with E-state index < -0.39 is 17.7 Å². The lowest BCUT2D eigenvalue weighted by Gasteiger charge is -2.29. The van der Waals surface area contributed by atoms with Crippen LogP contribution in [-0.4, -0.2) is 24.8 Å². The topological polar surface area (TPSA) is 73.9 Å². The standard InChI is InChI=1S/C16H17NO5/c1-5-10-8-11(20-4)6-7-13(10)17-9-12-14(18)21-16(2,3)22-15(12)19/h5-9,17H,1H2,2-4H3. The van der Waals surface area contributed by atoms with E-state index in [2.05, 4.69) is 11.9 Å². The maximum Gasteiger partial charge on any atom is 0.350 e. The van der Waals surface area contributed by atoms with Crippen LogP contribution in [0.1, 0.15) is 19.4 Å². The molecule has 22 heavy (non-hydrogen) atoms. The molecule has 0 amide bonds. The number of methoxy groups -OCH3 is 1. The summed E-state index contributed by atoms with van der Waals surface area (Å²) in [5, 5.41) is 2.88. The van der Waals surface area contributed by atoms with Crippen molar-refractivity contribution < 1.29 is 23.8 Å². The monoisotopic (exact) mass is 303 g/mol. The Hall–Kier alpha value is -2.76. The van der Waals surface area contributed by atoms with E-state index in [9.17, 15) is 9.59 Å². The number of anilines is 1. The van der Waals surface area contributed by atoms with Crippen LogP contribution in [0.25, 0.3) is 6.08 Å². The summed E-state index contributed by atoms with van der Waals surface area (Å²) in [6.45, 7) is 6.70. The Balaban J connectivity index is 2.23. The first-order valence-corrected chi connectivity index (χ1v) is 6.60. The number of esters is 2. The summed E-state index contributed by atoms with van der Waals surface area (Å²) in [5.74, 6) is -2.05. The Labute approximate surface area is 128 Å². The smallest absolute Gasteiger partial charge is 0.350 e. The second kappa shape index (κ2) is 5.93. The minimum absolute atomic E-state index is 0.204. The van der Waals surface area contributed by atoms with Crippen LogP contribution in [-0.2, 0) is 19.1 Å². The lowest BCUT2D eigenvalue weighted by molar-refractivity contribution is -0.222. The molecule has 0 aromatic heterocycles. The van der Waals surface area contributed by atoms with Crippen LogP contribution < -0.4 is 10.1 Å². The van der Waals surface area contributed by atoms with Crippen molar-refractivity contribution in [3.05, 3.63) is 42.1 Å². The molecule has 0 saturated carbocycles. The SMILES string of the molecule is C=Cc1cc(OC)ccc1NC=C1C(=O)OC(C)(C)OC1=O. The molecule has 0 radical (unpaired) electrons. The molecule has 1 aliphatic heterocycles. The molecular formula is C16H17NO5. The Morgan fingerprint density at radius 3 is 2.41 bits per heavy atom. The Kier molecular flexibility index (Phi) is 4.21. The molecule has 1 saturated heterocycles. The fraction of sp³-hybridized carbons (Fsp3) is 0.250. The van der Waals surface area contributed by atoms with Crippen LogP contribution in [0, 0.1) is 0 Å². The van der Waals surface area contributed by atoms with Gasteiger partial charge in [-0.2, -0.15) is 0 Å². The van der Waals surface area contributed by atoms with Crippen molar-refractivity contribution in [3.8, 4) is 5.75 Å². The predicted octanol–water partition coefficient (Wildman–Crippen LogP) is 2.47. The van der Waals surface area contributed by atoms with Gasteiger partial charge in [-0.15, -0.1) is 0 Å². The van der Waals surface area contributed by atoms with E-state index in [4.69, 9.17) is 14.2 Å². The fourth-order valence-corrected chi connectivity index (χ4v) is 1.90. The fourth-order valence-electron chi connectivity index (χ4n) is 1.90. The first kappa shape index (κ1) is 15.6. The molecule has 0 bridgehead atoms. The van der Waals surface area contributed by atoms with Crippen LogP contribution >= 0.6 is 0 Å². The van der Waals surface area contributed by atoms with Crippen molar-refractivity contribution in [1.82, 2.24) is 0 Å². The number of hydrogen-bond acceptors (Lipinski definition) is 6. The van der Waals surface area contributed by atoms with Gasteiger partial charge in [-0.1, -0.05) is 12.7 Å². The first-order chi connectivity index (χ1) is 10.4. The van der Waals surface area contributed by atoms with Gasteiger partial charge in [0, 0.05) is 31.3 Å². The van der Waals surface area contributed by atoms with Gasteiger partial charge in [0.2, 0.25) is 0 Å². The minimum Gasteiger partial charge on any atom is -0.497 e. The molecule has 1 heterocycles. The average Bonchev–Trinajstić information content (AvgIpc) is 2.45. The van der Waals surface area contributed by atoms with E-state index in [1.807, 2.05) is 0 Å². The number of ether oxygens (including phenoxy) is 3. The summed E-state index contributed by atoms with van der Waals surface area (Å²) < 4.78 is 15.1. The molecule has 0 unspecified atom stereocenters. The molecule has 1 aromatic carbocycles. The first-order valence-electron chi connectivity index (χ1n) is 6.60. The van der Waals surface area contributed by atoms with Crippen molar-refractivity contribution in [1.29, 1.82) is 0 Å². The van der Waals surface area contributed by atoms with Crippen molar-refractivity contribution >= 4 is 23.7 Å². The number of rotatable bonds is 4. The van der Waals surface area contributed by atoms with Crippen molar-refractivity contribution in [2.45, 2.75) is 19.6 Å². The van der Waals surface area contributed by atoms with Crippen LogP contribution in [0.2, 0.25) is 0 Å². The molecule has 0 aliphatic carbocycles. The van der Waals surface area contributed by atoms with Gasteiger partial charge in [0.05, 0.1) is 7.11 Å². The third kappa shape index (κ3) is 3.28. The van der Waals surface area contributed by atoms with Crippen molar-refractivity contribution in [2.75, 3.05) is 12.4 Å². The molecular weight excluding hydrogens is 286 g/mol. The number of carbonyl (C=O) groups excluding carboxylic acids is 2. The highest BCUT2D eigenvalue weighted by molar-refractivity contribution is 6.15. The third-order valence-corrected chi connectivity index (χ3v) is 2.97. The van der Waals surface area contributed by atoms with E-state index >= 15 is 0 Å². The van der Waals surface area contributed by atoms with E-state index in [1.165, 1.54) is 20.0 Å². The van der Waals surface area contributed by atoms with Gasteiger partial charge in [0.1, 0.15) is 5.75 Å². The second-order valence-electron chi connectivity index (χ2n) is 5.04. The van der Waals surface area contributed by atoms with E-state index in [0.717, 1.165) is 5.56 Å². The molecule has 116 valence electrons. The van der Waals surface area contributed by atoms with E-state index in [-0.39, 0.29) is 5.57 Å². The molecule has 1 aromatic rings. The van der Waals surface area contributed by atoms with Gasteiger partial charge < -0.3 is 19.5 Å². The van der Waals surface area contributed by atoms with Crippen molar-refractivity contribution in [2.24, 2.45) is 0 Å². The summed E-state index contributed by atoms with van der Waals surface area (Å²) in [4.78, 5) is 23.6. The summed E-state index contributed by atoms with van der Waals surface area (Å²) >= 11 is 0. The maximum absolute atomic E-state index is 11.8. The average molecular weight is 303 g/mol. The highest BCUT2D eigenvalue weighted by Crippen LogP contribution is 2.25. The molecule has 6 nitrogen and oxygen atoms in total. The lowest BCUT2D eigenvalue weighted by Crippen LogP contribution is -2.42. The molecule has 1 N–H and O–H groups in total. The zero-order valence-corrected chi connectivity index (χ0v) is 12.6. The summed E-state index contributed by atoms with van der Waals surface area (Å²) in [5.41, 5.74) is 1.22. The normalized spacial score (nSPS) is 16.4. The number of hydrogen-bond donors (Lipinski definition) is 1. The number of cyclic esters (lactones) is 2. The number of nitrogens with one attached hydrogen (secondary N) is 1. The third-order valence-electron chi connectivity index (χ3n) is 2.97. The predicted molar refractivity (Wildman–Crippen MR) is 81.1 cm³/mol. The Bertz CT molecular complexity index is 639. The molecule has 1 fully saturated rings. The maximum atomic E-state index is 11.8. The van der Waals surface area contributed by atoms with Crippen molar-refractivity contribution in [3.63, 3.8) is 0 Å². The summed E-state index contributed by atoms with van der Waals surface area (Å²) in [7, 11) is 1.56. The van der Waals surface area contributed by atoms with E-state index in [0.29, 0.717) is 11.4 Å². The van der Waals surface area contributed by atoms with Crippen LogP contribution in [0.15, 0.2) is 36.6 Å². The highest BCUT2D eigenvalue weighted by Gasteiger charge is 2.38. The molecule has 6 heteroatoms. The number of carbonyl (C=O) groups is 2. The van der Waals surface area contributed by atoms with Crippen LogP contribution in [0.3, 0.4) is 0 Å². The Morgan fingerprint density at radius 1 is 1.23 bits per heavy atom. The van der Waals surface area contributed by atoms with Crippen LogP contribution in [0.4, 0.5) is 5.69 Å².